The van der Waals surface area contributed by atoms with E-state index in [0.29, 0.717) is 31.4 Å². The van der Waals surface area contributed by atoms with E-state index in [4.69, 9.17) is 10.00 Å². The van der Waals surface area contributed by atoms with Crippen LogP contribution in [0.5, 0.6) is 0 Å². The van der Waals surface area contributed by atoms with Gasteiger partial charge >= 0.3 is 0 Å². The number of anilines is 3. The van der Waals surface area contributed by atoms with Crippen molar-refractivity contribution in [2.24, 2.45) is 5.92 Å². The molecule has 1 unspecified atom stereocenters. The number of nitrogens with zero attached hydrogens (tertiary/aromatic N) is 6. The van der Waals surface area contributed by atoms with Crippen LogP contribution in [0.25, 0.3) is 11.3 Å². The van der Waals surface area contributed by atoms with E-state index in [-0.39, 0.29) is 18.6 Å². The fourth-order valence-electron chi connectivity index (χ4n) is 3.93. The molecule has 0 radical (unpaired) electrons. The highest BCUT2D eigenvalue weighted by Gasteiger charge is 2.33. The Morgan fingerprint density at radius 1 is 1.25 bits per heavy atom. The van der Waals surface area contributed by atoms with E-state index < -0.39 is 0 Å². The van der Waals surface area contributed by atoms with Crippen molar-refractivity contribution in [3.63, 3.8) is 0 Å². The lowest BCUT2D eigenvalue weighted by molar-refractivity contribution is -0.125. The number of aromatic nitrogens is 4. The first-order valence-corrected chi connectivity index (χ1v) is 10.7. The van der Waals surface area contributed by atoms with E-state index in [1.54, 1.807) is 17.3 Å². The van der Waals surface area contributed by atoms with E-state index in [2.05, 4.69) is 26.5 Å². The fraction of sp³-hybridized carbons (Fsp3) is 0.348. The molecular formula is C23H23N7O2. The molecule has 9 nitrogen and oxygen atoms in total. The highest BCUT2D eigenvalue weighted by molar-refractivity contribution is 5.95. The van der Waals surface area contributed by atoms with Gasteiger partial charge in [0.2, 0.25) is 5.95 Å². The summed E-state index contributed by atoms with van der Waals surface area (Å²) < 4.78 is 7.08. The first-order chi connectivity index (χ1) is 15.7. The molecule has 1 atom stereocenters. The first-order valence-electron chi connectivity index (χ1n) is 10.7. The average Bonchev–Trinajstić information content (AvgIpc) is 3.54. The highest BCUT2D eigenvalue weighted by Crippen LogP contribution is 2.41. The second kappa shape index (κ2) is 8.77. The zero-order valence-corrected chi connectivity index (χ0v) is 17.5. The van der Waals surface area contributed by atoms with Crippen LogP contribution in [0.1, 0.15) is 25.3 Å². The van der Waals surface area contributed by atoms with Crippen LogP contribution < -0.4 is 10.2 Å². The average molecular weight is 429 g/mol. The van der Waals surface area contributed by atoms with Gasteiger partial charge in [0.15, 0.2) is 0 Å². The van der Waals surface area contributed by atoms with Crippen LogP contribution in [0.15, 0.2) is 48.9 Å². The van der Waals surface area contributed by atoms with Crippen molar-refractivity contribution < 1.29 is 9.53 Å². The molecule has 32 heavy (non-hydrogen) atoms. The molecule has 1 aliphatic heterocycles. The molecule has 1 aliphatic carbocycles. The Kier molecular flexibility index (Phi) is 5.52. The van der Waals surface area contributed by atoms with E-state index in [0.717, 1.165) is 35.5 Å². The Balaban J connectivity index is 1.29. The highest BCUT2D eigenvalue weighted by atomic mass is 16.5. The lowest BCUT2D eigenvalue weighted by atomic mass is 10.1. The third kappa shape index (κ3) is 4.31. The van der Waals surface area contributed by atoms with Gasteiger partial charge in [-0.1, -0.05) is 0 Å². The molecule has 2 aliphatic rings. The summed E-state index contributed by atoms with van der Waals surface area (Å²) in [6.45, 7) is 1.22. The van der Waals surface area contributed by atoms with Crippen LogP contribution in [0, 0.1) is 17.2 Å². The number of ether oxygens (including phenoxy) is 1. The van der Waals surface area contributed by atoms with Gasteiger partial charge in [0, 0.05) is 35.9 Å². The summed E-state index contributed by atoms with van der Waals surface area (Å²) in [5.74, 6) is 0.981. The number of carbonyl (C=O) groups is 1. The standard InChI is InChI=1S/C23H23N7O2/c24-9-7-21(16-1-2-16)30-14-17(13-26-30)20-8-10-25-23(28-20)27-18-3-5-19(6-4-18)29-11-12-32-15-22(29)31/h3-6,8,10,13-14,16,21H,1-2,7,11-12,15H2,(H,25,27,28). The summed E-state index contributed by atoms with van der Waals surface area (Å²) in [4.78, 5) is 22.7. The zero-order chi connectivity index (χ0) is 21.9. The van der Waals surface area contributed by atoms with E-state index in [1.807, 2.05) is 41.2 Å². The Morgan fingerprint density at radius 3 is 2.84 bits per heavy atom. The maximum absolute atomic E-state index is 12.0. The first kappa shape index (κ1) is 20.2. The molecular weight excluding hydrogens is 406 g/mol. The molecule has 1 saturated carbocycles. The Hall–Kier alpha value is -3.77. The van der Waals surface area contributed by atoms with Crippen molar-refractivity contribution in [1.29, 1.82) is 5.26 Å². The predicted molar refractivity (Wildman–Crippen MR) is 118 cm³/mol. The number of carbonyl (C=O) groups excluding carboxylic acids is 1. The van der Waals surface area contributed by atoms with Crippen LogP contribution in [0.2, 0.25) is 0 Å². The predicted octanol–water partition coefficient (Wildman–Crippen LogP) is 3.31. The smallest absolute Gasteiger partial charge is 0.253 e. The number of rotatable bonds is 7. The molecule has 2 fully saturated rings. The molecule has 2 aromatic heterocycles. The Labute approximate surface area is 185 Å². The topological polar surface area (TPSA) is 109 Å². The molecule has 162 valence electrons. The monoisotopic (exact) mass is 429 g/mol. The SMILES string of the molecule is N#CCC(C1CC1)n1cc(-c2ccnc(Nc3ccc(N4CCOCC4=O)cc3)n2)cn1. The van der Waals surface area contributed by atoms with E-state index in [1.165, 1.54) is 0 Å². The summed E-state index contributed by atoms with van der Waals surface area (Å²) >= 11 is 0. The number of nitrogens with one attached hydrogen (secondary N) is 1. The molecule has 3 heterocycles. The van der Waals surface area contributed by atoms with Gasteiger partial charge in [0.05, 0.1) is 37.0 Å². The van der Waals surface area contributed by atoms with Crippen molar-refractivity contribution in [3.05, 3.63) is 48.9 Å². The summed E-state index contributed by atoms with van der Waals surface area (Å²) in [5, 5.41) is 16.8. The second-order valence-electron chi connectivity index (χ2n) is 8.01. The summed E-state index contributed by atoms with van der Waals surface area (Å²) in [5.41, 5.74) is 3.31. The maximum Gasteiger partial charge on any atom is 0.253 e. The molecule has 3 aromatic rings. The van der Waals surface area contributed by atoms with Gasteiger partial charge in [-0.3, -0.25) is 9.48 Å². The summed E-state index contributed by atoms with van der Waals surface area (Å²) in [6.07, 6.45) is 8.22. The Morgan fingerprint density at radius 2 is 2.09 bits per heavy atom. The number of nitriles is 1. The fourth-order valence-corrected chi connectivity index (χ4v) is 3.93. The summed E-state index contributed by atoms with van der Waals surface area (Å²) in [7, 11) is 0. The minimum Gasteiger partial charge on any atom is -0.370 e. The third-order valence-electron chi connectivity index (χ3n) is 5.78. The van der Waals surface area contributed by atoms with Crippen molar-refractivity contribution in [1.82, 2.24) is 19.7 Å². The molecule has 1 saturated heterocycles. The van der Waals surface area contributed by atoms with Crippen molar-refractivity contribution in [3.8, 4) is 17.3 Å². The third-order valence-corrected chi connectivity index (χ3v) is 5.78. The second-order valence-corrected chi connectivity index (χ2v) is 8.01. The maximum atomic E-state index is 12.0. The van der Waals surface area contributed by atoms with Gasteiger partial charge in [0.1, 0.15) is 6.61 Å². The molecule has 0 spiro atoms. The number of morpholine rings is 1. The van der Waals surface area contributed by atoms with Crippen molar-refractivity contribution in [2.45, 2.75) is 25.3 Å². The van der Waals surface area contributed by atoms with Crippen LogP contribution in [-0.4, -0.2) is 45.4 Å². The molecule has 0 bridgehead atoms. The van der Waals surface area contributed by atoms with Gasteiger partial charge in [-0.2, -0.15) is 10.4 Å². The van der Waals surface area contributed by atoms with Crippen LogP contribution >= 0.6 is 0 Å². The number of benzene rings is 1. The largest absolute Gasteiger partial charge is 0.370 e. The van der Waals surface area contributed by atoms with Crippen LogP contribution in [0.3, 0.4) is 0 Å². The Bertz CT molecular complexity index is 1150. The lowest BCUT2D eigenvalue weighted by Gasteiger charge is -2.26. The van der Waals surface area contributed by atoms with Crippen LogP contribution in [0.4, 0.5) is 17.3 Å². The molecule has 1 amide bonds. The van der Waals surface area contributed by atoms with Gasteiger partial charge in [-0.05, 0) is 49.1 Å². The zero-order valence-electron chi connectivity index (χ0n) is 17.5. The van der Waals surface area contributed by atoms with Gasteiger partial charge in [-0.15, -0.1) is 0 Å². The van der Waals surface area contributed by atoms with Gasteiger partial charge in [-0.25, -0.2) is 9.97 Å². The van der Waals surface area contributed by atoms with Crippen molar-refractivity contribution in [2.75, 3.05) is 30.0 Å². The van der Waals surface area contributed by atoms with E-state index in [9.17, 15) is 4.79 Å². The summed E-state index contributed by atoms with van der Waals surface area (Å²) in [6, 6.07) is 11.8. The molecule has 5 rings (SSSR count). The van der Waals surface area contributed by atoms with Gasteiger partial charge < -0.3 is 15.0 Å². The number of amides is 1. The molecule has 9 heteroatoms. The van der Waals surface area contributed by atoms with Crippen molar-refractivity contribution >= 4 is 23.2 Å². The quantitative estimate of drug-likeness (QED) is 0.614. The van der Waals surface area contributed by atoms with Crippen LogP contribution in [-0.2, 0) is 9.53 Å². The van der Waals surface area contributed by atoms with E-state index >= 15 is 0 Å². The normalized spacial score (nSPS) is 17.1. The van der Waals surface area contributed by atoms with Gasteiger partial charge in [0.25, 0.3) is 5.91 Å². The minimum atomic E-state index is -0.0350. The minimum absolute atomic E-state index is 0.0350. The molecule has 1 aromatic carbocycles. The molecule has 1 N–H and O–H groups in total. The number of hydrogen-bond acceptors (Lipinski definition) is 7. The lowest BCUT2D eigenvalue weighted by Crippen LogP contribution is -2.41. The number of hydrogen-bond donors (Lipinski definition) is 1.